The van der Waals surface area contributed by atoms with Crippen molar-refractivity contribution in [2.75, 3.05) is 13.2 Å². The highest BCUT2D eigenvalue weighted by atomic mass is 16.6. The predicted molar refractivity (Wildman–Crippen MR) is 103 cm³/mol. The quantitative estimate of drug-likeness (QED) is 0.499. The number of rotatable bonds is 9. The topological polar surface area (TPSA) is 120 Å². The number of nitrogens with one attached hydrogen (secondary N) is 1. The van der Waals surface area contributed by atoms with Gasteiger partial charge in [-0.3, -0.25) is 19.6 Å². The van der Waals surface area contributed by atoms with Crippen LogP contribution < -0.4 is 10.1 Å². The van der Waals surface area contributed by atoms with E-state index >= 15 is 0 Å². The summed E-state index contributed by atoms with van der Waals surface area (Å²) in [6, 6.07) is 5.80. The van der Waals surface area contributed by atoms with E-state index in [4.69, 9.17) is 4.74 Å². The van der Waals surface area contributed by atoms with E-state index in [9.17, 15) is 20.0 Å². The van der Waals surface area contributed by atoms with Gasteiger partial charge in [0.15, 0.2) is 0 Å². The van der Waals surface area contributed by atoms with E-state index in [0.29, 0.717) is 11.4 Å². The van der Waals surface area contributed by atoms with Crippen molar-refractivity contribution in [2.45, 2.75) is 46.8 Å². The molecule has 0 aliphatic carbocycles. The van der Waals surface area contributed by atoms with Gasteiger partial charge in [-0.2, -0.15) is 5.10 Å². The van der Waals surface area contributed by atoms with Gasteiger partial charge in [0, 0.05) is 13.0 Å². The Bertz CT molecular complexity index is 842. The first-order valence-electron chi connectivity index (χ1n) is 9.02. The highest BCUT2D eigenvalue weighted by molar-refractivity contribution is 5.75. The van der Waals surface area contributed by atoms with Crippen LogP contribution in [0.5, 0.6) is 5.75 Å². The summed E-state index contributed by atoms with van der Waals surface area (Å²) in [6.07, 6.45) is -0.749. The lowest BCUT2D eigenvalue weighted by atomic mass is 10.1. The van der Waals surface area contributed by atoms with Gasteiger partial charge in [-0.25, -0.2) is 0 Å². The number of nitrogens with zero attached hydrogens (tertiary/aromatic N) is 3. The molecule has 2 rings (SSSR count). The Balaban J connectivity index is 1.78. The molecule has 0 aliphatic rings. The number of aryl methyl sites for hydroxylation is 4. The molecule has 9 heteroatoms. The number of carbonyl (C=O) groups excluding carboxylic acids is 1. The van der Waals surface area contributed by atoms with Gasteiger partial charge in [0.05, 0.1) is 11.5 Å². The van der Waals surface area contributed by atoms with Crippen molar-refractivity contribution in [3.05, 3.63) is 50.8 Å². The molecule has 0 bridgehead atoms. The van der Waals surface area contributed by atoms with Crippen molar-refractivity contribution in [3.63, 3.8) is 0 Å². The molecule has 2 aromatic rings. The number of amides is 1. The van der Waals surface area contributed by atoms with Crippen LogP contribution in [0.1, 0.15) is 28.9 Å². The molecule has 1 heterocycles. The fraction of sp³-hybridized carbons (Fsp3) is 0.474. The second-order valence-corrected chi connectivity index (χ2v) is 6.74. The molecule has 0 saturated carbocycles. The zero-order chi connectivity index (χ0) is 20.8. The van der Waals surface area contributed by atoms with Crippen LogP contribution in [0.15, 0.2) is 18.2 Å². The van der Waals surface area contributed by atoms with Crippen molar-refractivity contribution in [3.8, 4) is 5.75 Å². The zero-order valence-electron chi connectivity index (χ0n) is 16.6. The van der Waals surface area contributed by atoms with Crippen LogP contribution in [-0.4, -0.2) is 45.0 Å². The maximum absolute atomic E-state index is 12.0. The summed E-state index contributed by atoms with van der Waals surface area (Å²) < 4.78 is 7.12. The maximum Gasteiger partial charge on any atom is 0.312 e. The number of aliphatic hydroxyl groups excluding tert-OH is 1. The molecule has 0 fully saturated rings. The number of hydrogen-bond donors (Lipinski definition) is 2. The molecule has 0 aliphatic heterocycles. The molecular weight excluding hydrogens is 364 g/mol. The van der Waals surface area contributed by atoms with Crippen LogP contribution in [0, 0.1) is 37.8 Å². The van der Waals surface area contributed by atoms with Gasteiger partial charge in [0.25, 0.3) is 0 Å². The van der Waals surface area contributed by atoms with Crippen molar-refractivity contribution >= 4 is 11.6 Å². The van der Waals surface area contributed by atoms with E-state index < -0.39 is 11.0 Å². The third-order valence-electron chi connectivity index (χ3n) is 4.44. The van der Waals surface area contributed by atoms with E-state index in [1.807, 2.05) is 32.0 Å². The monoisotopic (exact) mass is 390 g/mol. The van der Waals surface area contributed by atoms with E-state index in [-0.39, 0.29) is 37.7 Å². The Morgan fingerprint density at radius 1 is 1.32 bits per heavy atom. The van der Waals surface area contributed by atoms with Crippen LogP contribution in [0.2, 0.25) is 0 Å². The number of carbonyl (C=O) groups is 1. The average molecular weight is 390 g/mol. The first-order chi connectivity index (χ1) is 13.2. The third kappa shape index (κ3) is 5.29. The van der Waals surface area contributed by atoms with E-state index in [0.717, 1.165) is 16.9 Å². The molecule has 1 amide bonds. The predicted octanol–water partition coefficient (Wildman–Crippen LogP) is 1.97. The van der Waals surface area contributed by atoms with Crippen molar-refractivity contribution in [1.29, 1.82) is 0 Å². The SMILES string of the molecule is Cc1cccc(C)c1OCC(O)CNC(=O)CCn1nc(C)c([N+](=O)[O-])c1C. The van der Waals surface area contributed by atoms with E-state index in [1.165, 1.54) is 4.68 Å². The molecule has 9 nitrogen and oxygen atoms in total. The molecule has 1 aromatic heterocycles. The smallest absolute Gasteiger partial charge is 0.312 e. The number of aromatic nitrogens is 2. The maximum atomic E-state index is 12.0. The largest absolute Gasteiger partial charge is 0.490 e. The van der Waals surface area contributed by atoms with Crippen LogP contribution in [0.3, 0.4) is 0 Å². The summed E-state index contributed by atoms with van der Waals surface area (Å²) >= 11 is 0. The van der Waals surface area contributed by atoms with Crippen LogP contribution in [0.25, 0.3) is 0 Å². The average Bonchev–Trinajstić information content (AvgIpc) is 2.91. The van der Waals surface area contributed by atoms with E-state index in [1.54, 1.807) is 13.8 Å². The van der Waals surface area contributed by atoms with Gasteiger partial charge < -0.3 is 15.2 Å². The molecule has 152 valence electrons. The molecule has 2 N–H and O–H groups in total. The normalized spacial score (nSPS) is 11.9. The number of benzene rings is 1. The molecule has 28 heavy (non-hydrogen) atoms. The Kier molecular flexibility index (Phi) is 7.11. The minimum Gasteiger partial charge on any atom is -0.490 e. The van der Waals surface area contributed by atoms with Crippen LogP contribution in [0.4, 0.5) is 5.69 Å². The number of ether oxygens (including phenoxy) is 1. The summed E-state index contributed by atoms with van der Waals surface area (Å²) in [6.45, 7) is 7.37. The third-order valence-corrected chi connectivity index (χ3v) is 4.44. The minimum absolute atomic E-state index is 0.0283. The Morgan fingerprint density at radius 2 is 1.96 bits per heavy atom. The summed E-state index contributed by atoms with van der Waals surface area (Å²) in [4.78, 5) is 22.5. The molecule has 1 unspecified atom stereocenters. The minimum atomic E-state index is -0.849. The highest BCUT2D eigenvalue weighted by Crippen LogP contribution is 2.23. The first kappa shape index (κ1) is 21.4. The van der Waals surface area contributed by atoms with Gasteiger partial charge in [0.2, 0.25) is 5.91 Å². The number of para-hydroxylation sites is 1. The molecule has 0 saturated heterocycles. The molecule has 0 radical (unpaired) electrons. The fourth-order valence-electron chi connectivity index (χ4n) is 2.96. The van der Waals surface area contributed by atoms with Crippen molar-refractivity contribution < 1.29 is 19.6 Å². The Morgan fingerprint density at radius 3 is 2.54 bits per heavy atom. The lowest BCUT2D eigenvalue weighted by Crippen LogP contribution is -2.35. The van der Waals surface area contributed by atoms with Gasteiger partial charge in [-0.05, 0) is 38.8 Å². The number of nitro groups is 1. The molecule has 1 aromatic carbocycles. The number of aliphatic hydroxyl groups is 1. The summed E-state index contributed by atoms with van der Waals surface area (Å²) in [5.74, 6) is 0.459. The highest BCUT2D eigenvalue weighted by Gasteiger charge is 2.21. The fourth-order valence-corrected chi connectivity index (χ4v) is 2.96. The van der Waals surface area contributed by atoms with E-state index in [2.05, 4.69) is 10.4 Å². The zero-order valence-corrected chi connectivity index (χ0v) is 16.6. The molecular formula is C19H26N4O5. The first-order valence-corrected chi connectivity index (χ1v) is 9.02. The summed E-state index contributed by atoms with van der Waals surface area (Å²) in [5, 5.41) is 27.8. The van der Waals surface area contributed by atoms with Gasteiger partial charge >= 0.3 is 5.69 Å². The summed E-state index contributed by atoms with van der Waals surface area (Å²) in [7, 11) is 0. The summed E-state index contributed by atoms with van der Waals surface area (Å²) in [5.41, 5.74) is 2.67. The lowest BCUT2D eigenvalue weighted by Gasteiger charge is -2.16. The van der Waals surface area contributed by atoms with Gasteiger partial charge in [-0.1, -0.05) is 18.2 Å². The Labute approximate surface area is 163 Å². The van der Waals surface area contributed by atoms with Crippen molar-refractivity contribution in [2.24, 2.45) is 0 Å². The van der Waals surface area contributed by atoms with Crippen LogP contribution >= 0.6 is 0 Å². The molecule has 1 atom stereocenters. The lowest BCUT2D eigenvalue weighted by molar-refractivity contribution is -0.386. The second kappa shape index (κ2) is 9.32. The van der Waals surface area contributed by atoms with Gasteiger partial charge in [0.1, 0.15) is 29.8 Å². The Hall–Kier alpha value is -2.94. The van der Waals surface area contributed by atoms with Crippen LogP contribution in [-0.2, 0) is 11.3 Å². The van der Waals surface area contributed by atoms with Crippen molar-refractivity contribution in [1.82, 2.24) is 15.1 Å². The van der Waals surface area contributed by atoms with Gasteiger partial charge in [-0.15, -0.1) is 0 Å². The number of hydrogen-bond acceptors (Lipinski definition) is 6. The standard InChI is InChI=1S/C19H26N4O5/c1-12-6-5-7-13(2)19(12)28-11-16(24)10-20-17(25)8-9-22-15(4)18(23(26)27)14(3)21-22/h5-7,16,24H,8-11H2,1-4H3,(H,20,25). The second-order valence-electron chi connectivity index (χ2n) is 6.74. The molecule has 0 spiro atoms.